The van der Waals surface area contributed by atoms with Crippen LogP contribution in [0.15, 0.2) is 36.4 Å². The molecule has 3 nitrogen and oxygen atoms in total. The van der Waals surface area contributed by atoms with Gasteiger partial charge in [0.2, 0.25) is 10.0 Å². The van der Waals surface area contributed by atoms with Crippen LogP contribution in [0.25, 0.3) is 0 Å². The first kappa shape index (κ1) is 16.8. The van der Waals surface area contributed by atoms with Gasteiger partial charge in [-0.15, -0.1) is 0 Å². The lowest BCUT2D eigenvalue weighted by atomic mass is 10.1. The van der Waals surface area contributed by atoms with Crippen LogP contribution in [0.3, 0.4) is 0 Å². The highest BCUT2D eigenvalue weighted by Gasteiger charge is 2.21. The summed E-state index contributed by atoms with van der Waals surface area (Å²) in [6.45, 7) is 3.69. The largest absolute Gasteiger partial charge is 0.266 e. The second-order valence-electron chi connectivity index (χ2n) is 5.24. The van der Waals surface area contributed by atoms with Gasteiger partial charge in [-0.2, -0.15) is 0 Å². The van der Waals surface area contributed by atoms with Gasteiger partial charge in [0.05, 0.1) is 18.5 Å². The van der Waals surface area contributed by atoms with Gasteiger partial charge in [0, 0.05) is 10.6 Å². The molecule has 0 heterocycles. The van der Waals surface area contributed by atoms with Crippen LogP contribution in [0.4, 0.5) is 10.1 Å². The van der Waals surface area contributed by atoms with Gasteiger partial charge in [-0.25, -0.2) is 12.8 Å². The highest BCUT2D eigenvalue weighted by molar-refractivity contribution is 7.92. The lowest BCUT2D eigenvalue weighted by Gasteiger charge is -2.24. The zero-order valence-corrected chi connectivity index (χ0v) is 14.2. The molecule has 0 aliphatic heterocycles. The molecular formula is C16H17ClFNO2S. The van der Waals surface area contributed by atoms with Crippen molar-refractivity contribution in [3.8, 4) is 0 Å². The van der Waals surface area contributed by atoms with E-state index in [1.807, 2.05) is 19.9 Å². The Hall–Kier alpha value is -1.59. The molecule has 22 heavy (non-hydrogen) atoms. The minimum atomic E-state index is -3.57. The molecule has 0 amide bonds. The Kier molecular flexibility index (Phi) is 4.78. The van der Waals surface area contributed by atoms with Crippen molar-refractivity contribution in [3.63, 3.8) is 0 Å². The van der Waals surface area contributed by atoms with Crippen molar-refractivity contribution >= 4 is 27.3 Å². The Morgan fingerprint density at radius 1 is 1.14 bits per heavy atom. The quantitative estimate of drug-likeness (QED) is 0.841. The van der Waals surface area contributed by atoms with E-state index in [9.17, 15) is 12.8 Å². The molecule has 0 aliphatic carbocycles. The van der Waals surface area contributed by atoms with Crippen molar-refractivity contribution in [2.45, 2.75) is 20.4 Å². The number of nitrogens with zero attached hydrogens (tertiary/aromatic N) is 1. The number of anilines is 1. The van der Waals surface area contributed by atoms with Crippen molar-refractivity contribution in [2.75, 3.05) is 10.6 Å². The van der Waals surface area contributed by atoms with Crippen molar-refractivity contribution < 1.29 is 12.8 Å². The minimum Gasteiger partial charge on any atom is -0.266 e. The molecule has 0 spiro atoms. The Morgan fingerprint density at radius 2 is 1.82 bits per heavy atom. The van der Waals surface area contributed by atoms with E-state index in [4.69, 9.17) is 11.6 Å². The third-order valence-corrected chi connectivity index (χ3v) is 5.04. The van der Waals surface area contributed by atoms with Crippen LogP contribution in [0.2, 0.25) is 5.02 Å². The van der Waals surface area contributed by atoms with E-state index in [0.29, 0.717) is 5.69 Å². The van der Waals surface area contributed by atoms with Gasteiger partial charge in [0.1, 0.15) is 5.82 Å². The number of hydrogen-bond acceptors (Lipinski definition) is 2. The first-order valence-corrected chi connectivity index (χ1v) is 8.90. The molecule has 2 aromatic carbocycles. The van der Waals surface area contributed by atoms with Gasteiger partial charge in [-0.3, -0.25) is 4.31 Å². The molecule has 0 fully saturated rings. The lowest BCUT2D eigenvalue weighted by molar-refractivity contribution is 0.590. The highest BCUT2D eigenvalue weighted by Crippen LogP contribution is 2.27. The van der Waals surface area contributed by atoms with E-state index in [1.54, 1.807) is 18.2 Å². The van der Waals surface area contributed by atoms with Crippen molar-refractivity contribution in [1.29, 1.82) is 0 Å². The zero-order chi connectivity index (χ0) is 16.5. The monoisotopic (exact) mass is 341 g/mol. The summed E-state index contributed by atoms with van der Waals surface area (Å²) in [5.74, 6) is -0.523. The SMILES string of the molecule is Cc1ccc(N(Cc2c(F)cccc2Cl)S(C)(=O)=O)cc1C. The fraction of sp³-hybridized carbons (Fsp3) is 0.250. The zero-order valence-electron chi connectivity index (χ0n) is 12.6. The summed E-state index contributed by atoms with van der Waals surface area (Å²) in [7, 11) is -3.57. The van der Waals surface area contributed by atoms with Gasteiger partial charge in [-0.1, -0.05) is 23.7 Å². The maximum absolute atomic E-state index is 14.0. The molecule has 0 radical (unpaired) electrons. The van der Waals surface area contributed by atoms with Gasteiger partial charge < -0.3 is 0 Å². The van der Waals surface area contributed by atoms with E-state index < -0.39 is 15.8 Å². The van der Waals surface area contributed by atoms with Gasteiger partial charge >= 0.3 is 0 Å². The van der Waals surface area contributed by atoms with Gasteiger partial charge in [0.25, 0.3) is 0 Å². The molecule has 2 rings (SSSR count). The molecule has 0 aromatic heterocycles. The Balaban J connectivity index is 2.50. The van der Waals surface area contributed by atoms with Crippen LogP contribution in [0, 0.1) is 19.7 Å². The molecule has 0 N–H and O–H groups in total. The maximum Gasteiger partial charge on any atom is 0.232 e. The maximum atomic E-state index is 14.0. The van der Waals surface area contributed by atoms with E-state index in [2.05, 4.69) is 0 Å². The molecule has 0 atom stereocenters. The smallest absolute Gasteiger partial charge is 0.232 e. The number of halogens is 2. The van der Waals surface area contributed by atoms with E-state index >= 15 is 0 Å². The number of hydrogen-bond donors (Lipinski definition) is 0. The Morgan fingerprint density at radius 3 is 2.36 bits per heavy atom. The molecule has 2 aromatic rings. The summed E-state index contributed by atoms with van der Waals surface area (Å²) >= 11 is 6.01. The number of sulfonamides is 1. The summed E-state index contributed by atoms with van der Waals surface area (Å²) in [5.41, 5.74) is 2.67. The predicted molar refractivity (Wildman–Crippen MR) is 88.4 cm³/mol. The number of aryl methyl sites for hydroxylation is 2. The minimum absolute atomic E-state index is 0.146. The van der Waals surface area contributed by atoms with Crippen LogP contribution in [-0.4, -0.2) is 14.7 Å². The average molecular weight is 342 g/mol. The average Bonchev–Trinajstić information content (AvgIpc) is 2.40. The molecule has 0 saturated heterocycles. The molecule has 6 heteroatoms. The number of rotatable bonds is 4. The summed E-state index contributed by atoms with van der Waals surface area (Å²) in [5, 5.41) is 0.206. The fourth-order valence-corrected chi connectivity index (χ4v) is 3.19. The van der Waals surface area contributed by atoms with Crippen LogP contribution in [0.1, 0.15) is 16.7 Å². The van der Waals surface area contributed by atoms with E-state index in [1.165, 1.54) is 12.1 Å². The molecule has 0 aliphatic rings. The second-order valence-corrected chi connectivity index (χ2v) is 7.55. The Labute approximate surface area is 135 Å². The molecule has 0 saturated carbocycles. The van der Waals surface area contributed by atoms with E-state index in [-0.39, 0.29) is 17.1 Å². The lowest BCUT2D eigenvalue weighted by Crippen LogP contribution is -2.30. The molecule has 0 unspecified atom stereocenters. The highest BCUT2D eigenvalue weighted by atomic mass is 35.5. The summed E-state index contributed by atoms with van der Waals surface area (Å²) in [6.07, 6.45) is 1.09. The summed E-state index contributed by atoms with van der Waals surface area (Å²) in [6, 6.07) is 9.61. The van der Waals surface area contributed by atoms with Gasteiger partial charge in [-0.05, 0) is 49.2 Å². The fourth-order valence-electron chi connectivity index (χ4n) is 2.11. The molecule has 118 valence electrons. The topological polar surface area (TPSA) is 37.4 Å². The van der Waals surface area contributed by atoms with Crippen molar-refractivity contribution in [1.82, 2.24) is 0 Å². The Bertz CT molecular complexity index is 786. The van der Waals surface area contributed by atoms with Crippen LogP contribution < -0.4 is 4.31 Å². The summed E-state index contributed by atoms with van der Waals surface area (Å²) in [4.78, 5) is 0. The van der Waals surface area contributed by atoms with Crippen LogP contribution in [0.5, 0.6) is 0 Å². The van der Waals surface area contributed by atoms with E-state index in [0.717, 1.165) is 21.7 Å². The summed E-state index contributed by atoms with van der Waals surface area (Å²) < 4.78 is 39.3. The van der Waals surface area contributed by atoms with Crippen LogP contribution >= 0.6 is 11.6 Å². The van der Waals surface area contributed by atoms with Crippen molar-refractivity contribution in [3.05, 3.63) is 63.9 Å². The predicted octanol–water partition coefficient (Wildman–Crippen LogP) is 4.06. The van der Waals surface area contributed by atoms with Gasteiger partial charge in [0.15, 0.2) is 0 Å². The van der Waals surface area contributed by atoms with Crippen molar-refractivity contribution in [2.24, 2.45) is 0 Å². The second kappa shape index (κ2) is 6.26. The molecule has 0 bridgehead atoms. The molecular weight excluding hydrogens is 325 g/mol. The normalized spacial score (nSPS) is 11.5. The standard InChI is InChI=1S/C16H17ClFNO2S/c1-11-7-8-13(9-12(11)2)19(22(3,20)21)10-14-15(17)5-4-6-16(14)18/h4-9H,10H2,1-3H3. The number of benzene rings is 2. The van der Waals surface area contributed by atoms with Crippen LogP contribution in [-0.2, 0) is 16.6 Å². The first-order chi connectivity index (χ1) is 10.2. The first-order valence-electron chi connectivity index (χ1n) is 6.68. The third kappa shape index (κ3) is 3.59. The third-order valence-electron chi connectivity index (χ3n) is 3.54.